The summed E-state index contributed by atoms with van der Waals surface area (Å²) in [5.74, 6) is -0.164. The Labute approximate surface area is 111 Å². The molecule has 0 atom stereocenters. The first kappa shape index (κ1) is 13.2. The van der Waals surface area contributed by atoms with E-state index >= 15 is 0 Å². The largest absolute Gasteiger partial charge is 0.311 e. The summed E-state index contributed by atoms with van der Waals surface area (Å²) in [4.78, 5) is 5.57. The lowest BCUT2D eigenvalue weighted by Gasteiger charge is -2.03. The number of benzene rings is 1. The Balaban J connectivity index is 1.72. The van der Waals surface area contributed by atoms with E-state index < -0.39 is 0 Å². The van der Waals surface area contributed by atoms with Gasteiger partial charge in [-0.25, -0.2) is 9.37 Å². The van der Waals surface area contributed by atoms with Gasteiger partial charge < -0.3 is 5.32 Å². The van der Waals surface area contributed by atoms with E-state index in [-0.39, 0.29) is 5.82 Å². The van der Waals surface area contributed by atoms with Gasteiger partial charge in [0.05, 0.1) is 5.01 Å². The lowest BCUT2D eigenvalue weighted by atomic mass is 10.1. The minimum absolute atomic E-state index is 0.164. The first-order valence-corrected chi connectivity index (χ1v) is 6.98. The van der Waals surface area contributed by atoms with E-state index in [4.69, 9.17) is 0 Å². The Bertz CT molecular complexity index is 496. The van der Waals surface area contributed by atoms with Crippen LogP contribution in [-0.4, -0.2) is 11.5 Å². The van der Waals surface area contributed by atoms with Crippen molar-refractivity contribution in [1.82, 2.24) is 10.3 Å². The van der Waals surface area contributed by atoms with E-state index in [1.165, 1.54) is 16.0 Å². The van der Waals surface area contributed by atoms with Crippen molar-refractivity contribution in [2.24, 2.45) is 0 Å². The highest BCUT2D eigenvalue weighted by molar-refractivity contribution is 7.11. The van der Waals surface area contributed by atoms with Crippen molar-refractivity contribution in [2.75, 3.05) is 6.54 Å². The van der Waals surface area contributed by atoms with E-state index in [0.717, 1.165) is 31.5 Å². The number of nitrogens with zero attached hydrogens (tertiary/aromatic N) is 1. The molecule has 0 saturated carbocycles. The third-order valence-electron chi connectivity index (χ3n) is 2.68. The number of thiazole rings is 1. The molecule has 18 heavy (non-hydrogen) atoms. The molecule has 0 amide bonds. The highest BCUT2D eigenvalue weighted by Gasteiger charge is 2.00. The molecule has 0 radical (unpaired) electrons. The van der Waals surface area contributed by atoms with Crippen LogP contribution >= 0.6 is 11.3 Å². The quantitative estimate of drug-likeness (QED) is 0.811. The fraction of sp³-hybridized carbons (Fsp3) is 0.357. The normalized spacial score (nSPS) is 10.8. The minimum Gasteiger partial charge on any atom is -0.311 e. The van der Waals surface area contributed by atoms with Gasteiger partial charge in [-0.05, 0) is 37.1 Å². The van der Waals surface area contributed by atoms with Crippen LogP contribution in [0, 0.1) is 5.82 Å². The van der Waals surface area contributed by atoms with Gasteiger partial charge in [-0.3, -0.25) is 0 Å². The Morgan fingerprint density at radius 1 is 1.39 bits per heavy atom. The summed E-state index contributed by atoms with van der Waals surface area (Å²) >= 11 is 1.75. The van der Waals surface area contributed by atoms with Crippen molar-refractivity contribution < 1.29 is 4.39 Å². The molecule has 1 heterocycles. The topological polar surface area (TPSA) is 24.9 Å². The third-order valence-corrected chi connectivity index (χ3v) is 3.82. The lowest BCUT2D eigenvalue weighted by molar-refractivity contribution is 0.623. The van der Waals surface area contributed by atoms with Crippen molar-refractivity contribution in [3.8, 4) is 0 Å². The van der Waals surface area contributed by atoms with Gasteiger partial charge >= 0.3 is 0 Å². The molecule has 0 aliphatic rings. The fourth-order valence-electron chi connectivity index (χ4n) is 1.73. The van der Waals surface area contributed by atoms with Gasteiger partial charge in [0, 0.05) is 17.6 Å². The Morgan fingerprint density at radius 2 is 2.28 bits per heavy atom. The number of nitrogens with one attached hydrogen (secondary N) is 1. The van der Waals surface area contributed by atoms with E-state index in [1.807, 2.05) is 12.3 Å². The van der Waals surface area contributed by atoms with Crippen LogP contribution in [0.25, 0.3) is 0 Å². The van der Waals surface area contributed by atoms with Crippen molar-refractivity contribution in [3.05, 3.63) is 51.7 Å². The summed E-state index contributed by atoms with van der Waals surface area (Å²) < 4.78 is 13.0. The Hall–Kier alpha value is -1.26. The zero-order chi connectivity index (χ0) is 12.8. The number of aromatic nitrogens is 1. The Morgan fingerprint density at radius 3 is 3.00 bits per heavy atom. The van der Waals surface area contributed by atoms with Crippen LogP contribution in [0.15, 0.2) is 30.5 Å². The maximum absolute atomic E-state index is 13.0. The van der Waals surface area contributed by atoms with Crippen LogP contribution in [0.3, 0.4) is 0 Å². The first-order valence-electron chi connectivity index (χ1n) is 6.16. The summed E-state index contributed by atoms with van der Waals surface area (Å²) in [5.41, 5.74) is 1.03. The molecule has 0 spiro atoms. The molecule has 1 N–H and O–H groups in total. The summed E-state index contributed by atoms with van der Waals surface area (Å²) in [6.07, 6.45) is 3.77. The van der Waals surface area contributed by atoms with E-state index in [1.54, 1.807) is 23.5 Å². The lowest BCUT2D eigenvalue weighted by Crippen LogP contribution is -2.15. The fourth-order valence-corrected chi connectivity index (χ4v) is 2.56. The van der Waals surface area contributed by atoms with Crippen LogP contribution in [-0.2, 0) is 19.4 Å². The maximum atomic E-state index is 13.0. The predicted molar refractivity (Wildman–Crippen MR) is 73.3 cm³/mol. The molecule has 2 rings (SSSR count). The van der Waals surface area contributed by atoms with Crippen LogP contribution < -0.4 is 5.32 Å². The highest BCUT2D eigenvalue weighted by Crippen LogP contribution is 2.12. The first-order chi connectivity index (χ1) is 8.78. The minimum atomic E-state index is -0.164. The van der Waals surface area contributed by atoms with Crippen LogP contribution in [0.4, 0.5) is 4.39 Å². The molecule has 0 fully saturated rings. The third kappa shape index (κ3) is 3.89. The molecule has 0 unspecified atom stereocenters. The molecule has 0 aliphatic heterocycles. The predicted octanol–water partition coefficient (Wildman–Crippen LogP) is 3.18. The van der Waals surface area contributed by atoms with E-state index in [2.05, 4.69) is 17.2 Å². The summed E-state index contributed by atoms with van der Waals surface area (Å²) in [6.45, 7) is 3.80. The maximum Gasteiger partial charge on any atom is 0.123 e. The van der Waals surface area contributed by atoms with Crippen molar-refractivity contribution >= 4 is 11.3 Å². The van der Waals surface area contributed by atoms with Gasteiger partial charge in [0.2, 0.25) is 0 Å². The van der Waals surface area contributed by atoms with Gasteiger partial charge in [0.15, 0.2) is 0 Å². The monoisotopic (exact) mass is 264 g/mol. The zero-order valence-corrected chi connectivity index (χ0v) is 11.3. The highest BCUT2D eigenvalue weighted by atomic mass is 32.1. The molecule has 2 aromatic rings. The number of halogens is 1. The van der Waals surface area contributed by atoms with Gasteiger partial charge in [-0.15, -0.1) is 11.3 Å². The smallest absolute Gasteiger partial charge is 0.123 e. The van der Waals surface area contributed by atoms with Gasteiger partial charge in [0.1, 0.15) is 5.82 Å². The summed E-state index contributed by atoms with van der Waals surface area (Å²) in [6, 6.07) is 6.76. The van der Waals surface area contributed by atoms with Gasteiger partial charge in [-0.1, -0.05) is 19.1 Å². The number of hydrogen-bond acceptors (Lipinski definition) is 3. The molecule has 96 valence electrons. The molecule has 0 saturated heterocycles. The average Bonchev–Trinajstić information content (AvgIpc) is 2.83. The zero-order valence-electron chi connectivity index (χ0n) is 10.4. The summed E-state index contributed by atoms with van der Waals surface area (Å²) in [7, 11) is 0. The van der Waals surface area contributed by atoms with Crippen molar-refractivity contribution in [1.29, 1.82) is 0 Å². The number of aryl methyl sites for hydroxylation is 1. The molecule has 0 bridgehead atoms. The van der Waals surface area contributed by atoms with E-state index in [9.17, 15) is 4.39 Å². The average molecular weight is 264 g/mol. The van der Waals surface area contributed by atoms with E-state index in [0.29, 0.717) is 0 Å². The number of rotatable bonds is 6. The molecular weight excluding hydrogens is 247 g/mol. The molecule has 0 aliphatic carbocycles. The van der Waals surface area contributed by atoms with Crippen LogP contribution in [0.1, 0.15) is 22.4 Å². The molecule has 4 heteroatoms. The molecule has 2 nitrogen and oxygen atoms in total. The van der Waals surface area contributed by atoms with Crippen LogP contribution in [0.2, 0.25) is 0 Å². The second-order valence-electron chi connectivity index (χ2n) is 4.13. The SMILES string of the molecule is CCc1ncc(CNCCc2cccc(F)c2)s1. The van der Waals surface area contributed by atoms with Gasteiger partial charge in [0.25, 0.3) is 0 Å². The van der Waals surface area contributed by atoms with Gasteiger partial charge in [-0.2, -0.15) is 0 Å². The Kier molecular flexibility index (Phi) is 4.84. The summed E-state index contributed by atoms with van der Waals surface area (Å²) in [5, 5.41) is 4.53. The second kappa shape index (κ2) is 6.61. The molecule has 1 aromatic carbocycles. The van der Waals surface area contributed by atoms with Crippen molar-refractivity contribution in [3.63, 3.8) is 0 Å². The standard InChI is InChI=1S/C14H17FN2S/c1-2-14-17-10-13(18-14)9-16-7-6-11-4-3-5-12(15)8-11/h3-5,8,10,16H,2,6-7,9H2,1H3. The van der Waals surface area contributed by atoms with Crippen molar-refractivity contribution in [2.45, 2.75) is 26.3 Å². The molecule has 1 aromatic heterocycles. The number of hydrogen-bond donors (Lipinski definition) is 1. The van der Waals surface area contributed by atoms with Crippen LogP contribution in [0.5, 0.6) is 0 Å². The molecular formula is C14H17FN2S. The second-order valence-corrected chi connectivity index (χ2v) is 5.33.